The van der Waals surface area contributed by atoms with E-state index in [1.165, 1.54) is 31.2 Å². The Balaban J connectivity index is 1.22. The van der Waals surface area contributed by atoms with Crippen LogP contribution >= 0.6 is 0 Å². The van der Waals surface area contributed by atoms with Crippen molar-refractivity contribution in [3.8, 4) is 5.75 Å². The number of fused-ring (bicyclic) bond motifs is 2. The van der Waals surface area contributed by atoms with E-state index in [9.17, 15) is 77.3 Å². The number of carbonyl (C=O) groups excluding carboxylic acids is 14. The lowest BCUT2D eigenvalue weighted by Gasteiger charge is -2.30. The average molecular weight is 1530 g/mol. The number of amides is 13. The van der Waals surface area contributed by atoms with E-state index in [1.54, 1.807) is 74.8 Å². The standard InChI is InChI=1S/C75H108N18O17/c1-5-7-8-9-10-25-61(97)85-58(36-60(79)96)71(105)89-55(33-44-26-28-47(95)29-27-44)69(103)91-56(34-45-37-80-50-20-13-11-18-48(45)50)70(104)88-54(24-17-32-78)68(102)87-52(22-15-30-76)66(100)82-39-62(98)84-53(23-16-31-77)67(101)90-57(35-46-38-81-51-21-14-12-19-49(46)51)72(106)93-65-43(4)110-75(109)59(41-94)86-63(99)40-83-73(107)64(42(3)6-2)92-74(65)108/h11-14,18-21,26-29,37-38,42-43,52-59,64-65,80-81,94-95H,5-10,15-17,22-25,30-36,39-41,76-78H2,1-4H3,(H2,79,96)(H,82,100)(H,83,107)(H,84,98)(H,85,97)(H,86,99)(H,87,102)(H,88,104)(H,89,105)(H,90,101)(H,91,103)(H,92,108)(H,93,106)/t42-,43+,52-,53+,54+,55+,56+,57-,58+,59-,64-,65-/m0/s1. The molecule has 24 N–H and O–H groups in total. The fraction of sp³-hybridized carbons (Fsp3) is 0.520. The number of nitrogens with two attached hydrogens (primary N) is 4. The van der Waals surface area contributed by atoms with Crippen LogP contribution in [0.2, 0.25) is 0 Å². The summed E-state index contributed by atoms with van der Waals surface area (Å²) in [4.78, 5) is 202. The number of hydrogen-bond donors (Lipinski definition) is 20. The molecule has 35 heteroatoms. The van der Waals surface area contributed by atoms with E-state index in [-0.39, 0.29) is 89.6 Å². The molecular weight excluding hydrogens is 1420 g/mol. The van der Waals surface area contributed by atoms with Gasteiger partial charge >= 0.3 is 5.97 Å². The van der Waals surface area contributed by atoms with E-state index in [0.29, 0.717) is 51.3 Å². The van der Waals surface area contributed by atoms with Crippen LogP contribution in [-0.2, 0) is 91.1 Å². The first-order chi connectivity index (χ1) is 52.7. The van der Waals surface area contributed by atoms with Gasteiger partial charge in [0, 0.05) is 59.9 Å². The molecule has 6 rings (SSSR count). The van der Waals surface area contributed by atoms with Crippen molar-refractivity contribution in [3.05, 3.63) is 102 Å². The second-order valence-corrected chi connectivity index (χ2v) is 27.4. The van der Waals surface area contributed by atoms with Gasteiger partial charge in [-0.1, -0.05) is 101 Å². The summed E-state index contributed by atoms with van der Waals surface area (Å²) in [6.45, 7) is 4.46. The summed E-state index contributed by atoms with van der Waals surface area (Å²) in [6.07, 6.45) is 5.04. The molecule has 3 heterocycles. The van der Waals surface area contributed by atoms with Crippen molar-refractivity contribution in [2.24, 2.45) is 28.9 Å². The van der Waals surface area contributed by atoms with Gasteiger partial charge in [0.2, 0.25) is 76.8 Å². The first-order valence-corrected chi connectivity index (χ1v) is 37.3. The van der Waals surface area contributed by atoms with Crippen molar-refractivity contribution in [3.63, 3.8) is 0 Å². The predicted octanol–water partition coefficient (Wildman–Crippen LogP) is -2.10. The Bertz CT molecular complexity index is 3960. The number of aromatic hydroxyl groups is 1. The topological polar surface area (TPSA) is 569 Å². The Morgan fingerprint density at radius 3 is 1.56 bits per heavy atom. The molecule has 2 aromatic heterocycles. The second kappa shape index (κ2) is 45.1. The van der Waals surface area contributed by atoms with Crippen LogP contribution < -0.4 is 86.7 Å². The number of aliphatic hydroxyl groups excluding tert-OH is 1. The predicted molar refractivity (Wildman–Crippen MR) is 405 cm³/mol. The zero-order valence-corrected chi connectivity index (χ0v) is 62.6. The smallest absolute Gasteiger partial charge is 0.331 e. The summed E-state index contributed by atoms with van der Waals surface area (Å²) < 4.78 is 5.57. The third-order valence-electron chi connectivity index (χ3n) is 18.8. The van der Waals surface area contributed by atoms with Gasteiger partial charge < -0.3 is 112 Å². The van der Waals surface area contributed by atoms with Crippen LogP contribution in [0.15, 0.2) is 85.2 Å². The van der Waals surface area contributed by atoms with E-state index in [2.05, 4.69) is 73.8 Å². The molecule has 1 aliphatic rings. The maximum Gasteiger partial charge on any atom is 0.331 e. The Hall–Kier alpha value is -11.0. The minimum absolute atomic E-state index is 0.0277. The largest absolute Gasteiger partial charge is 0.508 e. The fourth-order valence-electron chi connectivity index (χ4n) is 12.4. The Morgan fingerprint density at radius 1 is 0.555 bits per heavy atom. The molecule has 0 bridgehead atoms. The number of unbranched alkanes of at least 4 members (excludes halogenated alkanes) is 4. The van der Waals surface area contributed by atoms with Crippen LogP contribution in [0.25, 0.3) is 21.8 Å². The third-order valence-corrected chi connectivity index (χ3v) is 18.8. The molecule has 13 amide bonds. The van der Waals surface area contributed by atoms with Gasteiger partial charge in [0.1, 0.15) is 66.2 Å². The number of phenolic OH excluding ortho intramolecular Hbond substituents is 1. The van der Waals surface area contributed by atoms with Gasteiger partial charge in [-0.05, 0) is 118 Å². The highest BCUT2D eigenvalue weighted by atomic mass is 16.5. The van der Waals surface area contributed by atoms with Gasteiger partial charge in [0.15, 0.2) is 6.04 Å². The molecule has 0 radical (unpaired) electrons. The van der Waals surface area contributed by atoms with Crippen LogP contribution in [0.3, 0.4) is 0 Å². The molecule has 1 fully saturated rings. The molecule has 0 spiro atoms. The highest BCUT2D eigenvalue weighted by Gasteiger charge is 2.40. The summed E-state index contributed by atoms with van der Waals surface area (Å²) >= 11 is 0. The molecule has 12 atom stereocenters. The Labute approximate surface area is 637 Å². The number of aliphatic hydroxyl groups is 1. The Morgan fingerprint density at radius 2 is 1.04 bits per heavy atom. The van der Waals surface area contributed by atoms with Crippen LogP contribution in [0, 0.1) is 5.92 Å². The summed E-state index contributed by atoms with van der Waals surface area (Å²) in [5, 5.41) is 52.5. The molecule has 1 aliphatic heterocycles. The second-order valence-electron chi connectivity index (χ2n) is 27.4. The highest BCUT2D eigenvalue weighted by molar-refractivity contribution is 6.01. The molecule has 3 aromatic carbocycles. The van der Waals surface area contributed by atoms with Gasteiger partial charge in [-0.2, -0.15) is 0 Å². The normalized spacial score (nSPS) is 17.6. The molecule has 600 valence electrons. The molecule has 110 heavy (non-hydrogen) atoms. The summed E-state index contributed by atoms with van der Waals surface area (Å²) in [6, 6.07) is 4.79. The molecule has 35 nitrogen and oxygen atoms in total. The van der Waals surface area contributed by atoms with E-state index >= 15 is 0 Å². The van der Waals surface area contributed by atoms with Crippen LogP contribution in [0.5, 0.6) is 5.75 Å². The first kappa shape index (κ1) is 87.9. The van der Waals surface area contributed by atoms with Crippen molar-refractivity contribution < 1.29 is 82.1 Å². The molecule has 5 aromatic rings. The molecular formula is C75H108N18O17. The lowest BCUT2D eigenvalue weighted by atomic mass is 9.97. The Kier molecular flexibility index (Phi) is 36.0. The number of ether oxygens (including phenoxy) is 1. The molecule has 0 saturated carbocycles. The number of benzene rings is 3. The number of hydrogen-bond acceptors (Lipinski definition) is 20. The number of carbonyl (C=O) groups is 14. The number of rotatable bonds is 43. The zero-order valence-electron chi connectivity index (χ0n) is 62.6. The number of H-pyrrole nitrogens is 2. The van der Waals surface area contributed by atoms with Crippen molar-refractivity contribution in [1.82, 2.24) is 73.8 Å². The van der Waals surface area contributed by atoms with Crippen LogP contribution in [0.4, 0.5) is 0 Å². The van der Waals surface area contributed by atoms with Crippen molar-refractivity contribution in [1.29, 1.82) is 0 Å². The number of para-hydroxylation sites is 2. The van der Waals surface area contributed by atoms with Crippen LogP contribution in [-0.4, -0.2) is 209 Å². The van der Waals surface area contributed by atoms with E-state index in [4.69, 9.17) is 27.7 Å². The van der Waals surface area contributed by atoms with Crippen LogP contribution in [0.1, 0.15) is 134 Å². The summed E-state index contributed by atoms with van der Waals surface area (Å²) in [5.74, 6) is -13.3. The molecule has 0 unspecified atom stereocenters. The van der Waals surface area contributed by atoms with Crippen molar-refractivity contribution in [2.45, 2.75) is 203 Å². The third kappa shape index (κ3) is 27.6. The van der Waals surface area contributed by atoms with E-state index < -0.39 is 181 Å². The van der Waals surface area contributed by atoms with Crippen molar-refractivity contribution in [2.75, 3.05) is 39.3 Å². The van der Waals surface area contributed by atoms with Gasteiger partial charge in [-0.3, -0.25) is 62.3 Å². The van der Waals surface area contributed by atoms with Gasteiger partial charge in [0.25, 0.3) is 0 Å². The molecule has 1 saturated heterocycles. The van der Waals surface area contributed by atoms with E-state index in [1.807, 2.05) is 6.92 Å². The van der Waals surface area contributed by atoms with Crippen molar-refractivity contribution >= 4 is 105 Å². The summed E-state index contributed by atoms with van der Waals surface area (Å²) in [5.41, 5.74) is 26.2. The number of aromatic nitrogens is 2. The van der Waals surface area contributed by atoms with Gasteiger partial charge in [-0.15, -0.1) is 0 Å². The average Bonchev–Trinajstić information content (AvgIpc) is 1.70. The molecule has 0 aliphatic carbocycles. The number of aromatic amines is 2. The maximum absolute atomic E-state index is 15.0. The fourth-order valence-corrected chi connectivity index (χ4v) is 12.4. The van der Waals surface area contributed by atoms with Gasteiger partial charge in [0.05, 0.1) is 26.1 Å². The zero-order chi connectivity index (χ0) is 80.4. The van der Waals surface area contributed by atoms with E-state index in [0.717, 1.165) is 25.7 Å². The minimum atomic E-state index is -1.79. The quantitative estimate of drug-likeness (QED) is 0.0147. The number of phenols is 1. The van der Waals surface area contributed by atoms with Gasteiger partial charge in [-0.25, -0.2) is 4.79 Å². The summed E-state index contributed by atoms with van der Waals surface area (Å²) in [7, 11) is 0. The number of esters is 1. The minimum Gasteiger partial charge on any atom is -0.508 e. The lowest BCUT2D eigenvalue weighted by Crippen LogP contribution is -2.62. The number of nitrogens with one attached hydrogen (secondary N) is 14. The highest BCUT2D eigenvalue weighted by Crippen LogP contribution is 2.23. The number of primary amides is 1. The maximum atomic E-state index is 15.0. The monoisotopic (exact) mass is 1530 g/mol. The SMILES string of the molecule is CCCCCCCC(=O)N[C@H](CC(N)=O)C(=O)N[C@H](Cc1ccc(O)cc1)C(=O)N[C@H](Cc1c[nH]c2ccccc12)C(=O)N[C@H](CCCN)C(=O)N[C@@H](CCCN)C(=O)NCC(=O)N[C@H](CCCN)C(=O)N[C@@H](Cc1c[nH]c2ccccc12)C(=O)N[C@@H]1C(=O)N[C@@H]([C@@H](C)CC)C(=O)NCC(=O)N[C@@H](CO)C(=O)O[C@@H]1C. The lowest BCUT2D eigenvalue weighted by molar-refractivity contribution is -0.157. The number of cyclic esters (lactones) is 1. The first-order valence-electron chi connectivity index (χ1n) is 37.3.